The summed E-state index contributed by atoms with van der Waals surface area (Å²) < 4.78 is 10.4. The molecule has 56 heavy (non-hydrogen) atoms. The number of nitrogens with zero attached hydrogens (tertiary/aromatic N) is 1. The molecule has 1 saturated heterocycles. The molecule has 1 aliphatic heterocycles. The van der Waals surface area contributed by atoms with E-state index in [2.05, 4.69) is 85.9 Å². The summed E-state index contributed by atoms with van der Waals surface area (Å²) >= 11 is 0. The molecular weight excluding hydrogens is 709 g/mol. The van der Waals surface area contributed by atoms with E-state index in [1.165, 1.54) is 11.1 Å². The van der Waals surface area contributed by atoms with Gasteiger partial charge in [-0.05, 0) is 116 Å². The number of aryl methyl sites for hydroxylation is 1. The SMILES string of the molecule is CC.CC(C)(C)OC(=O)NCCCC(=O)O.CCCOCCC(=O)N1CCC(c2ccc(-c3cc(C(=O)O)cc4cc(-c5ccc(C)cc5)ccc34)cc2)CC1. The molecule has 0 unspecified atom stereocenters. The van der Waals surface area contributed by atoms with E-state index < -0.39 is 23.6 Å². The maximum atomic E-state index is 12.5. The van der Waals surface area contributed by atoms with Crippen molar-refractivity contribution < 1.29 is 38.9 Å². The molecule has 0 radical (unpaired) electrons. The number of nitrogens with one attached hydrogen (secondary N) is 1. The van der Waals surface area contributed by atoms with Gasteiger partial charge in [0.15, 0.2) is 0 Å². The lowest BCUT2D eigenvalue weighted by Gasteiger charge is -2.32. The van der Waals surface area contributed by atoms with Gasteiger partial charge >= 0.3 is 18.0 Å². The summed E-state index contributed by atoms with van der Waals surface area (Å²) in [6, 6.07) is 26.7. The summed E-state index contributed by atoms with van der Waals surface area (Å²) in [5.74, 6) is -1.20. The van der Waals surface area contributed by atoms with Crippen molar-refractivity contribution in [1.82, 2.24) is 10.2 Å². The number of carboxylic acid groups (broad SMARTS) is 2. The van der Waals surface area contributed by atoms with E-state index in [4.69, 9.17) is 14.6 Å². The normalized spacial score (nSPS) is 12.8. The predicted octanol–water partition coefficient (Wildman–Crippen LogP) is 10.1. The van der Waals surface area contributed by atoms with Gasteiger partial charge in [0.1, 0.15) is 5.60 Å². The third kappa shape index (κ3) is 14.5. The topological polar surface area (TPSA) is 142 Å². The van der Waals surface area contributed by atoms with Gasteiger partial charge in [0.25, 0.3) is 0 Å². The van der Waals surface area contributed by atoms with Crippen molar-refractivity contribution in [1.29, 1.82) is 0 Å². The number of carboxylic acids is 2. The summed E-state index contributed by atoms with van der Waals surface area (Å²) in [5, 5.41) is 22.6. The first kappa shape index (κ1) is 45.2. The lowest BCUT2D eigenvalue weighted by molar-refractivity contribution is -0.137. The van der Waals surface area contributed by atoms with Gasteiger partial charge < -0.3 is 29.9 Å². The molecule has 3 N–H and O–H groups in total. The number of carbonyl (C=O) groups excluding carboxylic acids is 2. The number of amides is 2. The molecule has 10 heteroatoms. The number of carbonyl (C=O) groups is 4. The lowest BCUT2D eigenvalue weighted by atomic mass is 9.87. The van der Waals surface area contributed by atoms with Crippen LogP contribution in [-0.4, -0.2) is 77.5 Å². The summed E-state index contributed by atoms with van der Waals surface area (Å²) in [6.07, 6.45) is 3.26. The first-order valence-corrected chi connectivity index (χ1v) is 19.8. The molecule has 0 aliphatic carbocycles. The van der Waals surface area contributed by atoms with Gasteiger partial charge in [-0.3, -0.25) is 9.59 Å². The third-order valence-electron chi connectivity index (χ3n) is 9.17. The van der Waals surface area contributed by atoms with Crippen molar-refractivity contribution in [3.05, 3.63) is 95.6 Å². The molecule has 10 nitrogen and oxygen atoms in total. The first-order chi connectivity index (χ1) is 26.7. The molecule has 0 bridgehead atoms. The molecule has 1 fully saturated rings. The molecule has 1 aliphatic rings. The Morgan fingerprint density at radius 3 is 2.02 bits per heavy atom. The highest BCUT2D eigenvalue weighted by molar-refractivity contribution is 6.04. The Morgan fingerprint density at radius 1 is 0.804 bits per heavy atom. The Kier molecular flexibility index (Phi) is 18.0. The standard InChI is InChI=1S/C35H37NO4.C9H17NO4.C2H6/c1-3-19-40-20-16-34(37)36-17-14-27(15-18-36)25-8-10-28(11-9-25)33-23-31(35(38)39)22-30-21-29(12-13-32(30)33)26-6-4-24(2)5-7-26;1-9(2,3)14-8(13)10-6-4-5-7(11)12;1-2/h4-13,21-23,27H,3,14-20H2,1-2H3,(H,38,39);4-6H2,1-3H3,(H,10,13)(H,11,12);1-2H3. The monoisotopic (exact) mass is 768 g/mol. The van der Waals surface area contributed by atoms with Crippen molar-refractivity contribution in [3.8, 4) is 22.3 Å². The number of alkyl carbamates (subject to hydrolysis) is 1. The van der Waals surface area contributed by atoms with Crippen LogP contribution in [0.2, 0.25) is 0 Å². The largest absolute Gasteiger partial charge is 0.481 e. The van der Waals surface area contributed by atoms with E-state index in [0.29, 0.717) is 38.5 Å². The minimum absolute atomic E-state index is 0.0514. The zero-order valence-corrected chi connectivity index (χ0v) is 34.2. The summed E-state index contributed by atoms with van der Waals surface area (Å²) in [6.45, 7) is 16.5. The molecule has 0 saturated carbocycles. The van der Waals surface area contributed by atoms with Gasteiger partial charge in [-0.1, -0.05) is 87.0 Å². The van der Waals surface area contributed by atoms with Crippen LogP contribution in [-0.2, 0) is 19.1 Å². The Hall–Kier alpha value is -5.22. The van der Waals surface area contributed by atoms with E-state index >= 15 is 0 Å². The Balaban J connectivity index is 0.000000446. The summed E-state index contributed by atoms with van der Waals surface area (Å²) in [4.78, 5) is 47.6. The Bertz CT molecular complexity index is 1870. The minimum atomic E-state index is -0.932. The average Bonchev–Trinajstić information content (AvgIpc) is 3.18. The maximum absolute atomic E-state index is 12.5. The molecule has 2 amide bonds. The first-order valence-electron chi connectivity index (χ1n) is 19.8. The molecule has 302 valence electrons. The zero-order valence-electron chi connectivity index (χ0n) is 34.2. The van der Waals surface area contributed by atoms with Crippen molar-refractivity contribution in [2.75, 3.05) is 32.8 Å². The Morgan fingerprint density at radius 2 is 1.43 bits per heavy atom. The highest BCUT2D eigenvalue weighted by Crippen LogP contribution is 2.35. The number of hydrogen-bond donors (Lipinski definition) is 3. The fourth-order valence-corrected chi connectivity index (χ4v) is 6.36. The number of rotatable bonds is 13. The second-order valence-electron chi connectivity index (χ2n) is 14.7. The number of likely N-dealkylation sites (tertiary alicyclic amines) is 1. The fraction of sp³-hybridized carbons (Fsp3) is 0.435. The maximum Gasteiger partial charge on any atom is 0.407 e. The van der Waals surface area contributed by atoms with E-state index in [1.807, 2.05) is 18.7 Å². The van der Waals surface area contributed by atoms with Crippen LogP contribution in [0.5, 0.6) is 0 Å². The fourth-order valence-electron chi connectivity index (χ4n) is 6.36. The number of fused-ring (bicyclic) bond motifs is 1. The highest BCUT2D eigenvalue weighted by atomic mass is 16.6. The summed E-state index contributed by atoms with van der Waals surface area (Å²) in [5.41, 5.74) is 6.33. The number of aliphatic carboxylic acids is 1. The van der Waals surface area contributed by atoms with Crippen LogP contribution >= 0.6 is 0 Å². The second-order valence-corrected chi connectivity index (χ2v) is 14.7. The third-order valence-corrected chi connectivity index (χ3v) is 9.17. The molecular formula is C46H60N2O8. The van der Waals surface area contributed by atoms with E-state index in [1.54, 1.807) is 32.9 Å². The van der Waals surface area contributed by atoms with E-state index in [0.717, 1.165) is 65.4 Å². The van der Waals surface area contributed by atoms with Crippen LogP contribution < -0.4 is 5.32 Å². The van der Waals surface area contributed by atoms with Crippen LogP contribution in [0.1, 0.15) is 107 Å². The Labute approximate surface area is 332 Å². The van der Waals surface area contributed by atoms with Crippen LogP contribution in [0.3, 0.4) is 0 Å². The predicted molar refractivity (Wildman–Crippen MR) is 223 cm³/mol. The number of hydrogen-bond acceptors (Lipinski definition) is 6. The van der Waals surface area contributed by atoms with Crippen LogP contribution in [0.4, 0.5) is 4.79 Å². The van der Waals surface area contributed by atoms with E-state index in [-0.39, 0.29) is 17.9 Å². The van der Waals surface area contributed by atoms with Crippen molar-refractivity contribution in [2.24, 2.45) is 0 Å². The highest BCUT2D eigenvalue weighted by Gasteiger charge is 2.24. The molecule has 5 rings (SSSR count). The molecule has 1 heterocycles. The second kappa shape index (κ2) is 22.4. The smallest absolute Gasteiger partial charge is 0.407 e. The molecule has 0 spiro atoms. The van der Waals surface area contributed by atoms with Crippen molar-refractivity contribution >= 4 is 34.7 Å². The van der Waals surface area contributed by atoms with Crippen molar-refractivity contribution in [3.63, 3.8) is 0 Å². The van der Waals surface area contributed by atoms with Gasteiger partial charge in [0, 0.05) is 32.7 Å². The van der Waals surface area contributed by atoms with Crippen LogP contribution in [0, 0.1) is 6.92 Å². The van der Waals surface area contributed by atoms with Gasteiger partial charge in [-0.15, -0.1) is 0 Å². The molecule has 4 aromatic rings. The molecule has 0 aromatic heterocycles. The van der Waals surface area contributed by atoms with Crippen LogP contribution in [0.15, 0.2) is 78.9 Å². The zero-order chi connectivity index (χ0) is 41.3. The average molecular weight is 769 g/mol. The van der Waals surface area contributed by atoms with E-state index in [9.17, 15) is 24.3 Å². The van der Waals surface area contributed by atoms with Crippen LogP contribution in [0.25, 0.3) is 33.0 Å². The van der Waals surface area contributed by atoms with Crippen molar-refractivity contribution in [2.45, 2.75) is 98.5 Å². The van der Waals surface area contributed by atoms with Gasteiger partial charge in [0.05, 0.1) is 18.6 Å². The van der Waals surface area contributed by atoms with Gasteiger partial charge in [0.2, 0.25) is 5.91 Å². The number of ether oxygens (including phenoxy) is 2. The lowest BCUT2D eigenvalue weighted by Crippen LogP contribution is -2.38. The van der Waals surface area contributed by atoms with Gasteiger partial charge in [-0.25, -0.2) is 9.59 Å². The number of piperidine rings is 1. The van der Waals surface area contributed by atoms with Gasteiger partial charge in [-0.2, -0.15) is 0 Å². The molecule has 4 aromatic carbocycles. The number of aromatic carboxylic acids is 1. The summed E-state index contributed by atoms with van der Waals surface area (Å²) in [7, 11) is 0. The quantitative estimate of drug-likeness (QED) is 0.114. The molecule has 0 atom stereocenters. The number of benzene rings is 4. The minimum Gasteiger partial charge on any atom is -0.481 e.